The number of fused-ring (bicyclic) bond motifs is 2. The summed E-state index contributed by atoms with van der Waals surface area (Å²) < 4.78 is 1.17. The van der Waals surface area contributed by atoms with Gasteiger partial charge in [0.05, 0.1) is 10.2 Å². The second-order valence-electron chi connectivity index (χ2n) is 10.3. The molecular weight excluding hydrogens is 545 g/mol. The summed E-state index contributed by atoms with van der Waals surface area (Å²) in [5.41, 5.74) is 7.36. The summed E-state index contributed by atoms with van der Waals surface area (Å²) in [5, 5.41) is 3.28. The van der Waals surface area contributed by atoms with E-state index in [9.17, 15) is 0 Å². The molecule has 0 spiro atoms. The Hall–Kier alpha value is -5.52. The largest absolute Gasteiger partial charge is 0.236 e. The van der Waals surface area contributed by atoms with Gasteiger partial charge in [-0.05, 0) is 34.0 Å². The van der Waals surface area contributed by atoms with Crippen LogP contribution in [0.5, 0.6) is 0 Å². The highest BCUT2D eigenvalue weighted by Crippen LogP contribution is 2.38. The smallest absolute Gasteiger partial charge is 0.164 e. The van der Waals surface area contributed by atoms with Crippen LogP contribution in [0.2, 0.25) is 0 Å². The first-order valence-electron chi connectivity index (χ1n) is 14.2. The minimum atomic E-state index is 0.654. The van der Waals surface area contributed by atoms with Gasteiger partial charge in [0.1, 0.15) is 5.01 Å². The molecule has 2 heterocycles. The van der Waals surface area contributed by atoms with Gasteiger partial charge in [0.2, 0.25) is 0 Å². The molecule has 4 nitrogen and oxygen atoms in total. The minimum Gasteiger partial charge on any atom is -0.236 e. The van der Waals surface area contributed by atoms with E-state index in [1.165, 1.54) is 4.70 Å². The van der Waals surface area contributed by atoms with Gasteiger partial charge in [-0.2, -0.15) is 0 Å². The number of benzene rings is 6. The van der Waals surface area contributed by atoms with Crippen molar-refractivity contribution in [3.8, 4) is 55.9 Å². The zero-order valence-electron chi connectivity index (χ0n) is 23.1. The van der Waals surface area contributed by atoms with Crippen LogP contribution in [0.25, 0.3) is 76.9 Å². The Bertz CT molecular complexity index is 2170. The van der Waals surface area contributed by atoms with Crippen molar-refractivity contribution in [1.29, 1.82) is 0 Å². The third-order valence-corrected chi connectivity index (χ3v) is 8.65. The van der Waals surface area contributed by atoms with Gasteiger partial charge in [0, 0.05) is 22.3 Å². The Morgan fingerprint density at radius 3 is 1.53 bits per heavy atom. The number of hydrogen-bond donors (Lipinski definition) is 0. The maximum atomic E-state index is 5.00. The molecule has 0 saturated heterocycles. The Balaban J connectivity index is 1.27. The van der Waals surface area contributed by atoms with E-state index >= 15 is 0 Å². The lowest BCUT2D eigenvalue weighted by molar-refractivity contribution is 1.08. The average molecular weight is 569 g/mol. The topological polar surface area (TPSA) is 51.6 Å². The molecule has 0 bridgehead atoms. The lowest BCUT2D eigenvalue weighted by Crippen LogP contribution is -2.00. The highest BCUT2D eigenvalue weighted by Gasteiger charge is 2.16. The van der Waals surface area contributed by atoms with E-state index in [1.54, 1.807) is 11.3 Å². The van der Waals surface area contributed by atoms with Gasteiger partial charge in [0.15, 0.2) is 17.5 Å². The van der Waals surface area contributed by atoms with Crippen LogP contribution in [0.3, 0.4) is 0 Å². The maximum Gasteiger partial charge on any atom is 0.164 e. The van der Waals surface area contributed by atoms with E-state index in [2.05, 4.69) is 78.9 Å². The fraction of sp³-hybridized carbons (Fsp3) is 0. The Morgan fingerprint density at radius 2 is 0.907 bits per heavy atom. The van der Waals surface area contributed by atoms with Gasteiger partial charge < -0.3 is 0 Å². The third kappa shape index (κ3) is 4.76. The van der Waals surface area contributed by atoms with Crippen molar-refractivity contribution in [3.05, 3.63) is 146 Å². The standard InChI is InChI=1S/C38H24N4S/c1-4-12-25(13-5-1)35-40-36(26-14-6-2-7-15-26)42-37(41-35)32-21-11-19-30-29(18-10-20-31(30)32)28-22-23-33-34(24-28)43-38(39-33)27-16-8-3-9-17-27/h1-24H. The summed E-state index contributed by atoms with van der Waals surface area (Å²) in [5.74, 6) is 1.96. The fourth-order valence-electron chi connectivity index (χ4n) is 5.48. The summed E-state index contributed by atoms with van der Waals surface area (Å²) in [7, 11) is 0. The van der Waals surface area contributed by atoms with Gasteiger partial charge in [-0.25, -0.2) is 19.9 Å². The predicted octanol–water partition coefficient (Wildman–Crippen LogP) is 9.97. The maximum absolute atomic E-state index is 5.00. The van der Waals surface area contributed by atoms with Crippen molar-refractivity contribution < 1.29 is 0 Å². The van der Waals surface area contributed by atoms with Gasteiger partial charge in [-0.1, -0.05) is 133 Å². The van der Waals surface area contributed by atoms with Crippen LogP contribution >= 0.6 is 11.3 Å². The average Bonchev–Trinajstić information content (AvgIpc) is 3.52. The van der Waals surface area contributed by atoms with Crippen LogP contribution in [0.4, 0.5) is 0 Å². The molecule has 0 aliphatic carbocycles. The van der Waals surface area contributed by atoms with Gasteiger partial charge >= 0.3 is 0 Å². The molecule has 6 aromatic carbocycles. The van der Waals surface area contributed by atoms with Gasteiger partial charge in [0.25, 0.3) is 0 Å². The molecule has 0 unspecified atom stereocenters. The summed E-state index contributed by atoms with van der Waals surface area (Å²) in [6.07, 6.45) is 0. The minimum absolute atomic E-state index is 0.654. The zero-order valence-corrected chi connectivity index (χ0v) is 23.9. The van der Waals surface area contributed by atoms with Gasteiger partial charge in [-0.3, -0.25) is 0 Å². The molecule has 202 valence electrons. The molecule has 8 rings (SSSR count). The van der Waals surface area contributed by atoms with Crippen LogP contribution in [-0.2, 0) is 0 Å². The Labute approximate surface area is 253 Å². The predicted molar refractivity (Wildman–Crippen MR) is 178 cm³/mol. The normalized spacial score (nSPS) is 11.3. The molecule has 0 amide bonds. The van der Waals surface area contributed by atoms with Crippen molar-refractivity contribution in [3.63, 3.8) is 0 Å². The summed E-state index contributed by atoms with van der Waals surface area (Å²) in [4.78, 5) is 19.8. The summed E-state index contributed by atoms with van der Waals surface area (Å²) in [6.45, 7) is 0. The Morgan fingerprint density at radius 1 is 0.372 bits per heavy atom. The first-order valence-corrected chi connectivity index (χ1v) is 15.0. The Kier molecular flexibility index (Phi) is 6.28. The van der Waals surface area contributed by atoms with Crippen LogP contribution in [0, 0.1) is 0 Å². The summed E-state index contributed by atoms with van der Waals surface area (Å²) in [6, 6.07) is 49.9. The fourth-order valence-corrected chi connectivity index (χ4v) is 6.49. The SMILES string of the molecule is c1ccc(-c2nc(-c3ccccc3)nc(-c3cccc4c(-c5ccc6nc(-c7ccccc7)sc6c5)cccc34)n2)cc1. The van der Waals surface area contributed by atoms with E-state index in [1.807, 2.05) is 66.7 Å². The summed E-state index contributed by atoms with van der Waals surface area (Å²) >= 11 is 1.73. The number of rotatable bonds is 5. The molecule has 0 N–H and O–H groups in total. The number of aromatic nitrogens is 4. The van der Waals surface area contributed by atoms with E-state index in [0.29, 0.717) is 17.5 Å². The third-order valence-electron chi connectivity index (χ3n) is 7.58. The molecule has 5 heteroatoms. The molecule has 0 fully saturated rings. The highest BCUT2D eigenvalue weighted by molar-refractivity contribution is 7.21. The van der Waals surface area contributed by atoms with Crippen molar-refractivity contribution in [2.24, 2.45) is 0 Å². The van der Waals surface area contributed by atoms with Gasteiger partial charge in [-0.15, -0.1) is 11.3 Å². The van der Waals surface area contributed by atoms with E-state index in [4.69, 9.17) is 19.9 Å². The highest BCUT2D eigenvalue weighted by atomic mass is 32.1. The molecule has 0 aliphatic heterocycles. The van der Waals surface area contributed by atoms with E-state index in [-0.39, 0.29) is 0 Å². The van der Waals surface area contributed by atoms with Crippen molar-refractivity contribution in [1.82, 2.24) is 19.9 Å². The molecule has 8 aromatic rings. The zero-order chi connectivity index (χ0) is 28.6. The molecule has 2 aromatic heterocycles. The number of thiazole rings is 1. The van der Waals surface area contributed by atoms with Crippen LogP contribution in [-0.4, -0.2) is 19.9 Å². The van der Waals surface area contributed by atoms with E-state index in [0.717, 1.165) is 54.7 Å². The van der Waals surface area contributed by atoms with Crippen molar-refractivity contribution >= 4 is 32.3 Å². The van der Waals surface area contributed by atoms with Crippen LogP contribution in [0.15, 0.2) is 146 Å². The molecule has 0 saturated carbocycles. The molecular formula is C38H24N4S. The second-order valence-corrected chi connectivity index (χ2v) is 11.3. The first kappa shape index (κ1) is 25.2. The second kappa shape index (κ2) is 10.7. The monoisotopic (exact) mass is 568 g/mol. The molecule has 0 aliphatic rings. The first-order chi connectivity index (χ1) is 21.3. The van der Waals surface area contributed by atoms with E-state index < -0.39 is 0 Å². The van der Waals surface area contributed by atoms with Crippen LogP contribution < -0.4 is 0 Å². The number of hydrogen-bond acceptors (Lipinski definition) is 5. The molecule has 0 atom stereocenters. The number of nitrogens with zero attached hydrogens (tertiary/aromatic N) is 4. The van der Waals surface area contributed by atoms with Crippen molar-refractivity contribution in [2.45, 2.75) is 0 Å². The molecule has 43 heavy (non-hydrogen) atoms. The molecule has 0 radical (unpaired) electrons. The lowest BCUT2D eigenvalue weighted by atomic mass is 9.95. The van der Waals surface area contributed by atoms with Crippen LogP contribution in [0.1, 0.15) is 0 Å². The quantitative estimate of drug-likeness (QED) is 0.207. The van der Waals surface area contributed by atoms with Crippen molar-refractivity contribution in [2.75, 3.05) is 0 Å². The lowest BCUT2D eigenvalue weighted by Gasteiger charge is -2.12.